The summed E-state index contributed by atoms with van der Waals surface area (Å²) in [5.41, 5.74) is 0.940. The first-order valence-corrected chi connectivity index (χ1v) is 6.37. The summed E-state index contributed by atoms with van der Waals surface area (Å²) in [6, 6.07) is 10.7. The zero-order valence-corrected chi connectivity index (χ0v) is 11.4. The van der Waals surface area contributed by atoms with Gasteiger partial charge < -0.3 is 5.32 Å². The second-order valence-corrected chi connectivity index (χ2v) is 4.42. The molecule has 3 rings (SSSR count). The average molecular weight is 301 g/mol. The molecule has 0 saturated heterocycles. The van der Waals surface area contributed by atoms with Gasteiger partial charge in [-0.25, -0.2) is 9.97 Å². The van der Waals surface area contributed by atoms with Gasteiger partial charge in [0.1, 0.15) is 17.3 Å². The van der Waals surface area contributed by atoms with Crippen LogP contribution >= 0.6 is 11.6 Å². The maximum absolute atomic E-state index is 12.0. The Bertz CT molecular complexity index is 773. The topological polar surface area (TPSA) is 85.6 Å². The van der Waals surface area contributed by atoms with Crippen LogP contribution < -0.4 is 5.32 Å². The lowest BCUT2D eigenvalue weighted by Crippen LogP contribution is -2.14. The zero-order chi connectivity index (χ0) is 14.7. The number of carbonyl (C=O) groups excluding carboxylic acids is 1. The SMILES string of the molecule is O=C(Nc1cc(Cl)ncn1)c1cnn(-c2ccccc2)n1. The van der Waals surface area contributed by atoms with Crippen LogP contribution in [0, 0.1) is 0 Å². The summed E-state index contributed by atoms with van der Waals surface area (Å²) in [5, 5.41) is 11.0. The van der Waals surface area contributed by atoms with Crippen molar-refractivity contribution in [3.63, 3.8) is 0 Å². The van der Waals surface area contributed by atoms with Gasteiger partial charge in [-0.05, 0) is 12.1 Å². The second kappa shape index (κ2) is 5.68. The van der Waals surface area contributed by atoms with E-state index in [2.05, 4.69) is 25.5 Å². The van der Waals surface area contributed by atoms with Gasteiger partial charge in [-0.2, -0.15) is 9.90 Å². The van der Waals surface area contributed by atoms with Crippen LogP contribution in [-0.2, 0) is 0 Å². The highest BCUT2D eigenvalue weighted by Crippen LogP contribution is 2.10. The van der Waals surface area contributed by atoms with E-state index in [1.165, 1.54) is 23.4 Å². The van der Waals surface area contributed by atoms with Crippen molar-refractivity contribution in [1.29, 1.82) is 0 Å². The van der Waals surface area contributed by atoms with Crippen LogP contribution in [0.3, 0.4) is 0 Å². The van der Waals surface area contributed by atoms with Gasteiger partial charge in [0, 0.05) is 6.07 Å². The maximum Gasteiger partial charge on any atom is 0.279 e. The highest BCUT2D eigenvalue weighted by molar-refractivity contribution is 6.29. The number of hydrogen-bond acceptors (Lipinski definition) is 5. The highest BCUT2D eigenvalue weighted by Gasteiger charge is 2.12. The van der Waals surface area contributed by atoms with Crippen molar-refractivity contribution < 1.29 is 4.79 Å². The quantitative estimate of drug-likeness (QED) is 0.747. The van der Waals surface area contributed by atoms with E-state index in [0.29, 0.717) is 5.82 Å². The number of anilines is 1. The molecular formula is C13H9ClN6O. The summed E-state index contributed by atoms with van der Waals surface area (Å²) >= 11 is 5.72. The van der Waals surface area contributed by atoms with E-state index in [4.69, 9.17) is 11.6 Å². The van der Waals surface area contributed by atoms with Gasteiger partial charge in [0.2, 0.25) is 0 Å². The Labute approximate surface area is 124 Å². The molecule has 0 unspecified atom stereocenters. The van der Waals surface area contributed by atoms with Gasteiger partial charge in [-0.15, -0.1) is 5.10 Å². The number of rotatable bonds is 3. The van der Waals surface area contributed by atoms with Crippen molar-refractivity contribution in [3.8, 4) is 5.69 Å². The molecule has 8 heteroatoms. The Kier molecular flexibility index (Phi) is 3.57. The average Bonchev–Trinajstić information content (AvgIpc) is 2.98. The van der Waals surface area contributed by atoms with Crippen molar-refractivity contribution >= 4 is 23.3 Å². The number of benzene rings is 1. The first-order valence-electron chi connectivity index (χ1n) is 5.99. The predicted octanol–water partition coefficient (Wildman–Crippen LogP) is 1.96. The summed E-state index contributed by atoms with van der Waals surface area (Å²) in [6.45, 7) is 0. The third kappa shape index (κ3) is 3.03. The molecule has 0 atom stereocenters. The van der Waals surface area contributed by atoms with Crippen LogP contribution in [-0.4, -0.2) is 30.9 Å². The number of nitrogens with zero attached hydrogens (tertiary/aromatic N) is 5. The summed E-state index contributed by atoms with van der Waals surface area (Å²) in [5.74, 6) is -0.124. The van der Waals surface area contributed by atoms with Crippen LogP contribution in [0.25, 0.3) is 5.69 Å². The highest BCUT2D eigenvalue weighted by atomic mass is 35.5. The zero-order valence-electron chi connectivity index (χ0n) is 10.6. The number of carbonyl (C=O) groups is 1. The monoisotopic (exact) mass is 300 g/mol. The van der Waals surface area contributed by atoms with Crippen molar-refractivity contribution in [2.45, 2.75) is 0 Å². The van der Waals surface area contributed by atoms with E-state index in [-0.39, 0.29) is 10.8 Å². The first-order chi connectivity index (χ1) is 10.2. The van der Waals surface area contributed by atoms with Gasteiger partial charge in [0.15, 0.2) is 5.69 Å². The molecule has 0 fully saturated rings. The third-order valence-electron chi connectivity index (χ3n) is 2.59. The Morgan fingerprint density at radius 1 is 1.19 bits per heavy atom. The molecule has 2 aromatic heterocycles. The molecule has 104 valence electrons. The van der Waals surface area contributed by atoms with Crippen molar-refractivity contribution in [2.24, 2.45) is 0 Å². The number of halogens is 1. The van der Waals surface area contributed by atoms with Crippen molar-refractivity contribution in [1.82, 2.24) is 25.0 Å². The molecule has 0 radical (unpaired) electrons. The number of amides is 1. The molecule has 0 saturated carbocycles. The van der Waals surface area contributed by atoms with Crippen molar-refractivity contribution in [2.75, 3.05) is 5.32 Å². The van der Waals surface area contributed by atoms with Crippen LogP contribution in [0.4, 0.5) is 5.82 Å². The molecule has 0 spiro atoms. The Morgan fingerprint density at radius 2 is 2.00 bits per heavy atom. The molecule has 0 aliphatic carbocycles. The largest absolute Gasteiger partial charge is 0.305 e. The molecule has 0 bridgehead atoms. The van der Waals surface area contributed by atoms with E-state index in [1.807, 2.05) is 30.3 Å². The van der Waals surface area contributed by atoms with E-state index in [1.54, 1.807) is 0 Å². The standard InChI is InChI=1S/C13H9ClN6O/c14-11-6-12(16-8-15-11)18-13(21)10-7-17-20(19-10)9-4-2-1-3-5-9/h1-8H,(H,15,16,18,21). The third-order valence-corrected chi connectivity index (χ3v) is 2.79. The molecular weight excluding hydrogens is 292 g/mol. The number of para-hydroxylation sites is 1. The van der Waals surface area contributed by atoms with Gasteiger partial charge >= 0.3 is 0 Å². The van der Waals surface area contributed by atoms with Gasteiger partial charge in [0.05, 0.1) is 11.9 Å². The lowest BCUT2D eigenvalue weighted by Gasteiger charge is -2.01. The second-order valence-electron chi connectivity index (χ2n) is 4.03. The first kappa shape index (κ1) is 13.2. The van der Waals surface area contributed by atoms with E-state index in [9.17, 15) is 4.79 Å². The van der Waals surface area contributed by atoms with Gasteiger partial charge in [0.25, 0.3) is 5.91 Å². The fourth-order valence-electron chi connectivity index (χ4n) is 1.64. The number of hydrogen-bond donors (Lipinski definition) is 1. The molecule has 21 heavy (non-hydrogen) atoms. The summed E-state index contributed by atoms with van der Waals surface area (Å²) < 4.78 is 0. The minimum atomic E-state index is -0.424. The molecule has 1 aromatic carbocycles. The maximum atomic E-state index is 12.0. The summed E-state index contributed by atoms with van der Waals surface area (Å²) in [6.07, 6.45) is 2.64. The van der Waals surface area contributed by atoms with E-state index >= 15 is 0 Å². The number of aromatic nitrogens is 5. The normalized spacial score (nSPS) is 10.3. The predicted molar refractivity (Wildman–Crippen MR) is 76.4 cm³/mol. The lowest BCUT2D eigenvalue weighted by atomic mass is 10.3. The van der Waals surface area contributed by atoms with Crippen LogP contribution in [0.15, 0.2) is 48.9 Å². The van der Waals surface area contributed by atoms with Crippen LogP contribution in [0.2, 0.25) is 5.15 Å². The molecule has 0 aliphatic heterocycles. The van der Waals surface area contributed by atoms with Gasteiger partial charge in [-0.1, -0.05) is 29.8 Å². The molecule has 0 aliphatic rings. The van der Waals surface area contributed by atoms with Crippen molar-refractivity contribution in [3.05, 3.63) is 59.8 Å². The molecule has 7 nitrogen and oxygen atoms in total. The smallest absolute Gasteiger partial charge is 0.279 e. The van der Waals surface area contributed by atoms with E-state index < -0.39 is 5.91 Å². The van der Waals surface area contributed by atoms with Crippen LogP contribution in [0.5, 0.6) is 0 Å². The summed E-state index contributed by atoms with van der Waals surface area (Å²) in [4.78, 5) is 21.0. The molecule has 3 aromatic rings. The summed E-state index contributed by atoms with van der Waals surface area (Å²) in [7, 11) is 0. The van der Waals surface area contributed by atoms with Crippen LogP contribution in [0.1, 0.15) is 10.5 Å². The molecule has 1 amide bonds. The van der Waals surface area contributed by atoms with Gasteiger partial charge in [-0.3, -0.25) is 4.79 Å². The Balaban J connectivity index is 1.78. The molecule has 2 heterocycles. The lowest BCUT2D eigenvalue weighted by molar-refractivity contribution is 0.102. The minimum absolute atomic E-state index is 0.175. The number of nitrogens with one attached hydrogen (secondary N) is 1. The Hall–Kier alpha value is -2.80. The fraction of sp³-hybridized carbons (Fsp3) is 0. The molecule has 1 N–H and O–H groups in total. The minimum Gasteiger partial charge on any atom is -0.305 e. The van der Waals surface area contributed by atoms with E-state index in [0.717, 1.165) is 5.69 Å². The Morgan fingerprint density at radius 3 is 2.76 bits per heavy atom. The fourth-order valence-corrected chi connectivity index (χ4v) is 1.78.